The molecule has 0 bridgehead atoms. The van der Waals surface area contributed by atoms with Gasteiger partial charge in [0.1, 0.15) is 64.2 Å². The summed E-state index contributed by atoms with van der Waals surface area (Å²) in [6, 6.07) is 2.63. The first kappa shape index (κ1) is 31.9. The van der Waals surface area contributed by atoms with Crippen molar-refractivity contribution in [3.8, 4) is 17.2 Å². The molecule has 0 saturated heterocycles. The number of carbonyl (C=O) groups excluding carboxylic acids is 1. The number of hydrogen-bond acceptors (Lipinski definition) is 13. The molecule has 1 heterocycles. The Bertz CT molecular complexity index is 1410. The number of phenols is 3. The van der Waals surface area contributed by atoms with E-state index in [9.17, 15) is 40.5 Å². The quantitative estimate of drug-likeness (QED) is 0.0833. The molecule has 0 fully saturated rings. The lowest BCUT2D eigenvalue weighted by Gasteiger charge is -2.27. The number of nitrogens with one attached hydrogen (secondary N) is 1. The van der Waals surface area contributed by atoms with E-state index in [1.807, 2.05) is 0 Å². The molecule has 0 aliphatic carbocycles. The van der Waals surface area contributed by atoms with E-state index in [-0.39, 0.29) is 82.2 Å². The number of fused-ring (bicyclic) bond motifs is 2. The Morgan fingerprint density at radius 1 is 0.854 bits per heavy atom. The molecule has 14 nitrogen and oxygen atoms in total. The molecule has 8 N–H and O–H groups in total. The van der Waals surface area contributed by atoms with E-state index in [2.05, 4.69) is 20.3 Å². The molecule has 14 heteroatoms. The minimum Gasteiger partial charge on any atom is -0.507 e. The van der Waals surface area contributed by atoms with Crippen molar-refractivity contribution < 1.29 is 40.5 Å². The standard InChI is InChI=1S/C27H38N6O8/c1-13-25(39)19(12-28-8-10-32(14(2)34)15(3)35)22-24(26(13)40)31-21-18(6-7-20(38)23(21)30-22)27(41)29-9-11-33(16(4)36)17(5)37/h6-7,12,14-17,34-40H,8-11H2,1-5H3,(H,29,41)/b28-12+. The Kier molecular flexibility index (Phi) is 10.4. The summed E-state index contributed by atoms with van der Waals surface area (Å²) in [7, 11) is 0. The van der Waals surface area contributed by atoms with Gasteiger partial charge in [0.05, 0.1) is 17.7 Å². The number of amides is 1. The molecule has 0 aliphatic rings. The number of benzene rings is 2. The van der Waals surface area contributed by atoms with Gasteiger partial charge >= 0.3 is 0 Å². The average molecular weight is 575 g/mol. The zero-order chi connectivity index (χ0) is 30.6. The van der Waals surface area contributed by atoms with Crippen LogP contribution in [-0.4, -0.2) is 119 Å². The Morgan fingerprint density at radius 3 is 2.00 bits per heavy atom. The van der Waals surface area contributed by atoms with Crippen molar-refractivity contribution in [2.75, 3.05) is 26.2 Å². The van der Waals surface area contributed by atoms with Crippen LogP contribution in [0.4, 0.5) is 0 Å². The third kappa shape index (κ3) is 6.98. The van der Waals surface area contributed by atoms with Gasteiger partial charge in [0.25, 0.3) is 5.91 Å². The largest absolute Gasteiger partial charge is 0.507 e. The second-order valence-electron chi connectivity index (χ2n) is 9.78. The van der Waals surface area contributed by atoms with Crippen molar-refractivity contribution in [2.45, 2.75) is 59.5 Å². The summed E-state index contributed by atoms with van der Waals surface area (Å²) >= 11 is 0. The molecule has 41 heavy (non-hydrogen) atoms. The van der Waals surface area contributed by atoms with Gasteiger partial charge in [-0.1, -0.05) is 0 Å². The summed E-state index contributed by atoms with van der Waals surface area (Å²) in [5.41, 5.74) is 0.238. The van der Waals surface area contributed by atoms with Gasteiger partial charge in [-0.15, -0.1) is 0 Å². The normalized spacial score (nSPS) is 15.2. The predicted molar refractivity (Wildman–Crippen MR) is 152 cm³/mol. The average Bonchev–Trinajstić information content (AvgIpc) is 2.90. The van der Waals surface area contributed by atoms with Crippen LogP contribution in [-0.2, 0) is 0 Å². The summed E-state index contributed by atoms with van der Waals surface area (Å²) in [4.78, 5) is 29.0. The van der Waals surface area contributed by atoms with E-state index in [0.29, 0.717) is 0 Å². The summed E-state index contributed by atoms with van der Waals surface area (Å²) in [5.74, 6) is -1.51. The monoisotopic (exact) mass is 574 g/mol. The van der Waals surface area contributed by atoms with Crippen molar-refractivity contribution in [1.29, 1.82) is 0 Å². The van der Waals surface area contributed by atoms with E-state index >= 15 is 0 Å². The number of hydrogen-bond donors (Lipinski definition) is 8. The predicted octanol–water partition coefficient (Wildman–Crippen LogP) is 0.314. The first-order chi connectivity index (χ1) is 19.3. The van der Waals surface area contributed by atoms with Crippen molar-refractivity contribution in [1.82, 2.24) is 25.1 Å². The van der Waals surface area contributed by atoms with Crippen molar-refractivity contribution in [3.05, 3.63) is 28.8 Å². The van der Waals surface area contributed by atoms with Gasteiger partial charge in [-0.05, 0) is 46.8 Å². The molecule has 4 unspecified atom stereocenters. The summed E-state index contributed by atoms with van der Waals surface area (Å²) in [6.45, 7) is 8.08. The summed E-state index contributed by atoms with van der Waals surface area (Å²) in [5, 5.41) is 74.1. The minimum absolute atomic E-state index is 0.00527. The number of nitrogens with zero attached hydrogens (tertiary/aromatic N) is 5. The zero-order valence-electron chi connectivity index (χ0n) is 23.6. The van der Waals surface area contributed by atoms with Crippen LogP contribution in [0.2, 0.25) is 0 Å². The highest BCUT2D eigenvalue weighted by Gasteiger charge is 2.23. The fraction of sp³-hybridized carbons (Fsp3) is 0.481. The molecule has 224 valence electrons. The van der Waals surface area contributed by atoms with Gasteiger partial charge < -0.3 is 41.1 Å². The van der Waals surface area contributed by atoms with E-state index in [1.165, 1.54) is 62.8 Å². The zero-order valence-corrected chi connectivity index (χ0v) is 23.6. The third-order valence-electron chi connectivity index (χ3n) is 6.77. The topological polar surface area (TPSA) is 215 Å². The number of aliphatic hydroxyl groups is 4. The fourth-order valence-electron chi connectivity index (χ4n) is 4.48. The number of phenolic OH excluding ortho intramolecular Hbond substituents is 3. The van der Waals surface area contributed by atoms with Gasteiger partial charge in [-0.25, -0.2) is 9.97 Å². The molecule has 4 atom stereocenters. The van der Waals surface area contributed by atoms with E-state index < -0.39 is 30.8 Å². The second kappa shape index (κ2) is 13.3. The summed E-state index contributed by atoms with van der Waals surface area (Å²) in [6.07, 6.45) is -2.35. The number of aromatic hydroxyl groups is 3. The van der Waals surface area contributed by atoms with Crippen LogP contribution in [0.25, 0.3) is 22.1 Å². The smallest absolute Gasteiger partial charge is 0.253 e. The van der Waals surface area contributed by atoms with Crippen LogP contribution in [0, 0.1) is 6.92 Å². The highest BCUT2D eigenvalue weighted by Crippen LogP contribution is 2.38. The molecule has 1 aromatic heterocycles. The van der Waals surface area contributed by atoms with Gasteiger partial charge in [0, 0.05) is 31.4 Å². The Balaban J connectivity index is 2.01. The van der Waals surface area contributed by atoms with Crippen LogP contribution in [0.5, 0.6) is 17.2 Å². The van der Waals surface area contributed by atoms with Crippen LogP contribution in [0.1, 0.15) is 49.2 Å². The minimum atomic E-state index is -0.936. The van der Waals surface area contributed by atoms with Crippen molar-refractivity contribution in [3.63, 3.8) is 0 Å². The molecule has 0 spiro atoms. The lowest BCUT2D eigenvalue weighted by atomic mass is 10.0. The highest BCUT2D eigenvalue weighted by atomic mass is 16.3. The van der Waals surface area contributed by atoms with Crippen molar-refractivity contribution >= 4 is 34.2 Å². The molecular formula is C27H38N6O8. The van der Waals surface area contributed by atoms with E-state index in [4.69, 9.17) is 0 Å². The van der Waals surface area contributed by atoms with Gasteiger partial charge in [0.2, 0.25) is 0 Å². The SMILES string of the molecule is Cc1c(O)c(/C=N/CCN(C(C)O)C(C)O)c2nc3c(O)ccc(C(=O)NCCN(C(C)O)C(C)O)c3nc2c1O. The second-order valence-corrected chi connectivity index (χ2v) is 9.78. The van der Waals surface area contributed by atoms with Gasteiger partial charge in [0.15, 0.2) is 0 Å². The first-order valence-electron chi connectivity index (χ1n) is 13.2. The molecule has 3 rings (SSSR count). The molecule has 0 aliphatic heterocycles. The molecule has 2 aromatic carbocycles. The Morgan fingerprint density at radius 2 is 1.41 bits per heavy atom. The lowest BCUT2D eigenvalue weighted by molar-refractivity contribution is -0.0828. The van der Waals surface area contributed by atoms with E-state index in [0.717, 1.165) is 0 Å². The van der Waals surface area contributed by atoms with Crippen LogP contribution < -0.4 is 5.32 Å². The number of aliphatic hydroxyl groups excluding tert-OH is 4. The Hall–Kier alpha value is -3.66. The molecular weight excluding hydrogens is 536 g/mol. The number of carbonyl (C=O) groups is 1. The van der Waals surface area contributed by atoms with Crippen LogP contribution in [0.15, 0.2) is 17.1 Å². The van der Waals surface area contributed by atoms with Gasteiger partial charge in [-0.2, -0.15) is 0 Å². The number of rotatable bonds is 12. The summed E-state index contributed by atoms with van der Waals surface area (Å²) < 4.78 is 0. The molecule has 0 saturated carbocycles. The molecule has 0 radical (unpaired) electrons. The fourth-order valence-corrected chi connectivity index (χ4v) is 4.48. The highest BCUT2D eigenvalue weighted by molar-refractivity contribution is 6.10. The van der Waals surface area contributed by atoms with Crippen LogP contribution >= 0.6 is 0 Å². The number of aromatic nitrogens is 2. The molecule has 3 aromatic rings. The van der Waals surface area contributed by atoms with E-state index in [1.54, 1.807) is 0 Å². The number of aliphatic imine (C=N–C) groups is 1. The van der Waals surface area contributed by atoms with Crippen molar-refractivity contribution in [2.24, 2.45) is 4.99 Å². The first-order valence-corrected chi connectivity index (χ1v) is 13.2. The Labute approximate surface area is 236 Å². The molecule has 1 amide bonds. The maximum Gasteiger partial charge on any atom is 0.253 e. The van der Waals surface area contributed by atoms with Gasteiger partial charge in [-0.3, -0.25) is 19.6 Å². The third-order valence-corrected chi connectivity index (χ3v) is 6.77. The lowest BCUT2D eigenvalue weighted by Crippen LogP contribution is -2.44. The maximum absolute atomic E-state index is 13.1. The van der Waals surface area contributed by atoms with Crippen LogP contribution in [0.3, 0.4) is 0 Å². The maximum atomic E-state index is 13.1.